The quantitative estimate of drug-likeness (QED) is 0.448. The lowest BCUT2D eigenvalue weighted by molar-refractivity contribution is 0.448. The summed E-state index contributed by atoms with van der Waals surface area (Å²) in [4.78, 5) is 13.0. The van der Waals surface area contributed by atoms with Crippen LogP contribution in [-0.4, -0.2) is 0 Å². The van der Waals surface area contributed by atoms with Gasteiger partial charge in [-0.05, 0) is 53.3 Å². The van der Waals surface area contributed by atoms with E-state index in [2.05, 4.69) is 13.5 Å². The molecule has 0 fully saturated rings. The second kappa shape index (κ2) is 6.45. The highest BCUT2D eigenvalue weighted by molar-refractivity contribution is 6.35. The van der Waals surface area contributed by atoms with Gasteiger partial charge in [-0.1, -0.05) is 54.4 Å². The minimum absolute atomic E-state index is 0.0423. The highest BCUT2D eigenvalue weighted by Crippen LogP contribution is 2.44. The molecule has 4 rings (SSSR count). The number of hydrogen-bond acceptors (Lipinski definition) is 2. The first-order valence-electron chi connectivity index (χ1n) is 8.26. The Labute approximate surface area is 166 Å². The summed E-state index contributed by atoms with van der Waals surface area (Å²) in [5.41, 5.74) is 2.75. The Hall–Kier alpha value is -1.74. The molecule has 0 radical (unpaired) electrons. The Kier molecular flexibility index (Phi) is 4.38. The summed E-state index contributed by atoms with van der Waals surface area (Å²) in [6, 6.07) is 10.6. The third-order valence-electron chi connectivity index (χ3n) is 5.17. The smallest absolute Gasteiger partial charge is 0.200 e. The SMILES string of the molecule is C=C1c2c(oc3ccc(Cl)cc3c2=O)C[C@@H](c2ccc(Cl)cc2Cl)[C@@H]1C. The minimum atomic E-state index is -0.0822. The maximum absolute atomic E-state index is 13.0. The van der Waals surface area contributed by atoms with E-state index in [0.717, 1.165) is 11.1 Å². The highest BCUT2D eigenvalue weighted by atomic mass is 35.5. The average Bonchev–Trinajstić information content (AvgIpc) is 2.59. The van der Waals surface area contributed by atoms with Crippen LogP contribution in [0.5, 0.6) is 0 Å². The summed E-state index contributed by atoms with van der Waals surface area (Å²) in [6.07, 6.45) is 0.574. The summed E-state index contributed by atoms with van der Waals surface area (Å²) >= 11 is 18.5. The molecule has 132 valence electrons. The number of hydrogen-bond donors (Lipinski definition) is 0. The van der Waals surface area contributed by atoms with Crippen LogP contribution in [0.15, 0.2) is 52.2 Å². The molecule has 2 aromatic carbocycles. The van der Waals surface area contributed by atoms with Crippen LogP contribution in [0.3, 0.4) is 0 Å². The minimum Gasteiger partial charge on any atom is -0.460 e. The molecule has 1 heterocycles. The van der Waals surface area contributed by atoms with Crippen LogP contribution in [0.25, 0.3) is 16.5 Å². The topological polar surface area (TPSA) is 30.2 Å². The molecule has 2 nitrogen and oxygen atoms in total. The highest BCUT2D eigenvalue weighted by Gasteiger charge is 2.34. The van der Waals surface area contributed by atoms with Gasteiger partial charge >= 0.3 is 0 Å². The van der Waals surface area contributed by atoms with Crippen LogP contribution >= 0.6 is 34.8 Å². The van der Waals surface area contributed by atoms with Crippen LogP contribution in [0, 0.1) is 5.92 Å². The van der Waals surface area contributed by atoms with E-state index in [-0.39, 0.29) is 17.3 Å². The fraction of sp³-hybridized carbons (Fsp3) is 0.190. The molecule has 3 aromatic rings. The molecule has 1 aliphatic rings. The number of rotatable bonds is 1. The van der Waals surface area contributed by atoms with Crippen molar-refractivity contribution in [2.45, 2.75) is 19.3 Å². The Balaban J connectivity index is 1.90. The molecule has 5 heteroatoms. The van der Waals surface area contributed by atoms with Gasteiger partial charge < -0.3 is 4.42 Å². The lowest BCUT2D eigenvalue weighted by Gasteiger charge is -2.32. The Morgan fingerprint density at radius 2 is 1.77 bits per heavy atom. The molecule has 26 heavy (non-hydrogen) atoms. The summed E-state index contributed by atoms with van der Waals surface area (Å²) in [7, 11) is 0. The largest absolute Gasteiger partial charge is 0.460 e. The van der Waals surface area contributed by atoms with E-state index in [4.69, 9.17) is 39.2 Å². The van der Waals surface area contributed by atoms with Gasteiger partial charge in [0.2, 0.25) is 0 Å². The van der Waals surface area contributed by atoms with Crippen molar-refractivity contribution in [2.24, 2.45) is 5.92 Å². The van der Waals surface area contributed by atoms with E-state index in [1.807, 2.05) is 12.1 Å². The van der Waals surface area contributed by atoms with Crippen molar-refractivity contribution in [2.75, 3.05) is 0 Å². The summed E-state index contributed by atoms with van der Waals surface area (Å²) in [6.45, 7) is 6.25. The molecule has 1 aliphatic carbocycles. The van der Waals surface area contributed by atoms with Crippen molar-refractivity contribution in [3.05, 3.63) is 85.2 Å². The second-order valence-electron chi connectivity index (χ2n) is 6.66. The molecule has 2 atom stereocenters. The normalized spacial score (nSPS) is 19.6. The van der Waals surface area contributed by atoms with Gasteiger partial charge in [-0.25, -0.2) is 0 Å². The zero-order valence-corrected chi connectivity index (χ0v) is 16.3. The monoisotopic (exact) mass is 404 g/mol. The van der Waals surface area contributed by atoms with Gasteiger partial charge in [0.15, 0.2) is 5.43 Å². The fourth-order valence-electron chi connectivity index (χ4n) is 3.71. The molecule has 0 aliphatic heterocycles. The van der Waals surface area contributed by atoms with E-state index < -0.39 is 0 Å². The zero-order valence-electron chi connectivity index (χ0n) is 14.0. The molecule has 0 bridgehead atoms. The van der Waals surface area contributed by atoms with E-state index in [1.165, 1.54) is 0 Å². The van der Waals surface area contributed by atoms with E-state index in [9.17, 15) is 4.79 Å². The lowest BCUT2D eigenvalue weighted by atomic mass is 9.73. The molecular formula is C21H15Cl3O2. The zero-order chi connectivity index (χ0) is 18.6. The van der Waals surface area contributed by atoms with Gasteiger partial charge in [0, 0.05) is 21.5 Å². The number of fused-ring (bicyclic) bond motifs is 2. The first-order chi connectivity index (χ1) is 12.4. The molecule has 0 spiro atoms. The Bertz CT molecular complexity index is 1110. The van der Waals surface area contributed by atoms with Crippen molar-refractivity contribution in [1.29, 1.82) is 0 Å². The number of allylic oxidation sites excluding steroid dienone is 1. The standard InChI is InChI=1S/C21H15Cl3O2/c1-10-11(2)20-19(9-15(10)14-5-3-13(23)8-17(14)24)26-18-6-4-12(22)7-16(18)21(20)25/h3-8,10,15H,2,9H2,1H3/t10-,15-/m1/s1. The van der Waals surface area contributed by atoms with E-state index in [1.54, 1.807) is 24.3 Å². The molecule has 1 aromatic heterocycles. The van der Waals surface area contributed by atoms with Crippen molar-refractivity contribution < 1.29 is 4.42 Å². The van der Waals surface area contributed by atoms with Crippen LogP contribution in [0.4, 0.5) is 0 Å². The van der Waals surface area contributed by atoms with Gasteiger partial charge in [-0.2, -0.15) is 0 Å². The van der Waals surface area contributed by atoms with Gasteiger partial charge in [0.25, 0.3) is 0 Å². The summed E-state index contributed by atoms with van der Waals surface area (Å²) < 4.78 is 6.07. The predicted molar refractivity (Wildman–Crippen MR) is 109 cm³/mol. The van der Waals surface area contributed by atoms with Gasteiger partial charge in [0.1, 0.15) is 11.3 Å². The summed E-state index contributed by atoms with van der Waals surface area (Å²) in [5.74, 6) is 0.748. The predicted octanol–water partition coefficient (Wildman–Crippen LogP) is 6.74. The van der Waals surface area contributed by atoms with Crippen LogP contribution in [0.2, 0.25) is 15.1 Å². The first-order valence-corrected chi connectivity index (χ1v) is 9.39. The second-order valence-corrected chi connectivity index (χ2v) is 7.94. The Morgan fingerprint density at radius 1 is 1.08 bits per heavy atom. The van der Waals surface area contributed by atoms with Crippen LogP contribution in [0.1, 0.15) is 29.7 Å². The average molecular weight is 406 g/mol. The summed E-state index contributed by atoms with van der Waals surface area (Å²) in [5, 5.41) is 2.19. The van der Waals surface area contributed by atoms with Gasteiger partial charge in [-0.15, -0.1) is 0 Å². The molecule has 0 amide bonds. The van der Waals surface area contributed by atoms with Gasteiger partial charge in [-0.3, -0.25) is 4.79 Å². The van der Waals surface area contributed by atoms with Crippen molar-refractivity contribution in [1.82, 2.24) is 0 Å². The van der Waals surface area contributed by atoms with Gasteiger partial charge in [0.05, 0.1) is 10.9 Å². The molecule has 0 unspecified atom stereocenters. The van der Waals surface area contributed by atoms with Crippen LogP contribution in [-0.2, 0) is 6.42 Å². The molecule has 0 saturated heterocycles. The molecule has 0 saturated carbocycles. The van der Waals surface area contributed by atoms with Crippen molar-refractivity contribution in [3.8, 4) is 0 Å². The maximum Gasteiger partial charge on any atom is 0.200 e. The number of halogens is 3. The lowest BCUT2D eigenvalue weighted by Crippen LogP contribution is -2.26. The van der Waals surface area contributed by atoms with Crippen LogP contribution < -0.4 is 5.43 Å². The van der Waals surface area contributed by atoms with E-state index in [0.29, 0.717) is 43.8 Å². The Morgan fingerprint density at radius 3 is 2.50 bits per heavy atom. The number of benzene rings is 2. The molecular weight excluding hydrogens is 391 g/mol. The third-order valence-corrected chi connectivity index (χ3v) is 5.96. The van der Waals surface area contributed by atoms with Crippen molar-refractivity contribution in [3.63, 3.8) is 0 Å². The fourth-order valence-corrected chi connectivity index (χ4v) is 4.43. The third kappa shape index (κ3) is 2.77. The maximum atomic E-state index is 13.0. The van der Waals surface area contributed by atoms with Crippen molar-refractivity contribution >= 4 is 51.3 Å². The first kappa shape index (κ1) is 17.7. The van der Waals surface area contributed by atoms with E-state index >= 15 is 0 Å². The molecule has 0 N–H and O–H groups in total.